The van der Waals surface area contributed by atoms with Crippen LogP contribution in [0.5, 0.6) is 0 Å². The number of carboxylic acid groups (broad SMARTS) is 1. The van der Waals surface area contributed by atoms with Gasteiger partial charge in [0.25, 0.3) is 0 Å². The summed E-state index contributed by atoms with van der Waals surface area (Å²) in [7, 11) is 0. The van der Waals surface area contributed by atoms with Crippen molar-refractivity contribution in [1.82, 2.24) is 0 Å². The van der Waals surface area contributed by atoms with Gasteiger partial charge in [-0.2, -0.15) is 0 Å². The zero-order valence-electron chi connectivity index (χ0n) is 16.1. The Morgan fingerprint density at radius 1 is 0.931 bits per heavy atom. The molecule has 4 rings (SSSR count). The topological polar surface area (TPSA) is 95.5 Å². The van der Waals surface area contributed by atoms with E-state index in [0.29, 0.717) is 22.8 Å². The van der Waals surface area contributed by atoms with Crippen LogP contribution < -0.4 is 10.6 Å². The molecule has 6 nitrogen and oxygen atoms in total. The number of nitrogens with one attached hydrogen (secondary N) is 2. The van der Waals surface area contributed by atoms with Gasteiger partial charge in [-0.15, -0.1) is 0 Å². The molecule has 7 heteroatoms. The Morgan fingerprint density at radius 3 is 2.28 bits per heavy atom. The molecule has 2 fully saturated rings. The SMILES string of the molecule is O=C(Nc1ccc(NC(=O)[C@H]2[C@@H](C(=O)O)[C@H]3C=C[C@@H]2C3)cc1Cl)C1CCCCC1. The van der Waals surface area contributed by atoms with E-state index in [1.807, 2.05) is 12.2 Å². The van der Waals surface area contributed by atoms with Crippen molar-refractivity contribution in [3.63, 3.8) is 0 Å². The molecular formula is C22H25ClN2O4. The highest BCUT2D eigenvalue weighted by Gasteiger charge is 2.51. The average Bonchev–Trinajstić information content (AvgIpc) is 3.32. The van der Waals surface area contributed by atoms with Gasteiger partial charge in [-0.1, -0.05) is 43.0 Å². The van der Waals surface area contributed by atoms with E-state index in [1.165, 1.54) is 6.42 Å². The largest absolute Gasteiger partial charge is 0.481 e. The monoisotopic (exact) mass is 416 g/mol. The van der Waals surface area contributed by atoms with Crippen molar-refractivity contribution < 1.29 is 19.5 Å². The predicted molar refractivity (Wildman–Crippen MR) is 111 cm³/mol. The third kappa shape index (κ3) is 4.04. The molecule has 3 aliphatic rings. The van der Waals surface area contributed by atoms with Gasteiger partial charge in [-0.05, 0) is 49.3 Å². The number of benzene rings is 1. The highest BCUT2D eigenvalue weighted by Crippen LogP contribution is 2.48. The van der Waals surface area contributed by atoms with Crippen LogP contribution in [0.15, 0.2) is 30.4 Å². The quantitative estimate of drug-likeness (QED) is 0.623. The Bertz CT molecular complexity index is 862. The molecule has 0 unspecified atom stereocenters. The molecule has 3 aliphatic carbocycles. The summed E-state index contributed by atoms with van der Waals surface area (Å²) in [6.45, 7) is 0. The number of aliphatic carboxylic acids is 1. The summed E-state index contributed by atoms with van der Waals surface area (Å²) in [4.78, 5) is 36.8. The first-order valence-corrected chi connectivity index (χ1v) is 10.6. The standard InChI is InChI=1S/C22H25ClN2O4/c23-16-11-15(8-9-17(16)25-20(26)12-4-2-1-3-5-12)24-21(27)18-13-6-7-14(10-13)19(18)22(28)29/h6-9,11-14,18-19H,1-5,10H2,(H,24,27)(H,25,26)(H,28,29)/t13-,14+,18-,19+/m1/s1. The first-order chi connectivity index (χ1) is 13.9. The van der Waals surface area contributed by atoms with Crippen molar-refractivity contribution in [3.8, 4) is 0 Å². The Hall–Kier alpha value is -2.34. The fraction of sp³-hybridized carbons (Fsp3) is 0.500. The molecule has 154 valence electrons. The van der Waals surface area contributed by atoms with E-state index in [1.54, 1.807) is 18.2 Å². The van der Waals surface area contributed by atoms with Gasteiger partial charge in [0, 0.05) is 11.6 Å². The van der Waals surface area contributed by atoms with Crippen LogP contribution in [0, 0.1) is 29.6 Å². The smallest absolute Gasteiger partial charge is 0.307 e. The molecule has 2 saturated carbocycles. The lowest BCUT2D eigenvalue weighted by Gasteiger charge is -2.24. The van der Waals surface area contributed by atoms with Crippen molar-refractivity contribution >= 4 is 40.8 Å². The van der Waals surface area contributed by atoms with E-state index in [4.69, 9.17) is 11.6 Å². The van der Waals surface area contributed by atoms with E-state index >= 15 is 0 Å². The van der Waals surface area contributed by atoms with E-state index in [-0.39, 0.29) is 29.6 Å². The van der Waals surface area contributed by atoms with Gasteiger partial charge in [0.2, 0.25) is 11.8 Å². The minimum Gasteiger partial charge on any atom is -0.481 e. The first-order valence-electron chi connectivity index (χ1n) is 10.3. The Morgan fingerprint density at radius 2 is 1.62 bits per heavy atom. The predicted octanol–water partition coefficient (Wildman–Crippen LogP) is 4.32. The van der Waals surface area contributed by atoms with Crippen LogP contribution in [0.4, 0.5) is 11.4 Å². The van der Waals surface area contributed by atoms with Crippen LogP contribution in [-0.2, 0) is 14.4 Å². The van der Waals surface area contributed by atoms with Gasteiger partial charge in [0.15, 0.2) is 0 Å². The molecule has 0 aromatic heterocycles. The molecule has 0 radical (unpaired) electrons. The van der Waals surface area contributed by atoms with Gasteiger partial charge < -0.3 is 15.7 Å². The molecule has 0 spiro atoms. The lowest BCUT2D eigenvalue weighted by atomic mass is 9.82. The number of carbonyl (C=O) groups excluding carboxylic acids is 2. The van der Waals surface area contributed by atoms with E-state index < -0.39 is 17.8 Å². The van der Waals surface area contributed by atoms with Crippen molar-refractivity contribution in [2.24, 2.45) is 29.6 Å². The summed E-state index contributed by atoms with van der Waals surface area (Å²) < 4.78 is 0. The summed E-state index contributed by atoms with van der Waals surface area (Å²) in [5.41, 5.74) is 1.01. The average molecular weight is 417 g/mol. The third-order valence-corrected chi connectivity index (χ3v) is 6.83. The summed E-state index contributed by atoms with van der Waals surface area (Å²) in [5.74, 6) is -2.59. The molecule has 1 aromatic rings. The number of carboxylic acids is 1. The lowest BCUT2D eigenvalue weighted by molar-refractivity contribution is -0.146. The van der Waals surface area contributed by atoms with Crippen LogP contribution in [0.2, 0.25) is 5.02 Å². The molecular weight excluding hydrogens is 392 g/mol. The van der Waals surface area contributed by atoms with Crippen molar-refractivity contribution in [2.75, 3.05) is 10.6 Å². The number of halogens is 1. The second kappa shape index (κ2) is 8.19. The second-order valence-corrected chi connectivity index (χ2v) is 8.75. The number of hydrogen-bond acceptors (Lipinski definition) is 3. The molecule has 0 aliphatic heterocycles. The maximum Gasteiger partial charge on any atom is 0.307 e. The Kier molecular flexibility index (Phi) is 5.63. The van der Waals surface area contributed by atoms with Gasteiger partial charge in [-0.3, -0.25) is 14.4 Å². The van der Waals surface area contributed by atoms with E-state index in [0.717, 1.165) is 25.7 Å². The zero-order chi connectivity index (χ0) is 20.5. The van der Waals surface area contributed by atoms with E-state index in [9.17, 15) is 19.5 Å². The minimum atomic E-state index is -0.930. The number of hydrogen-bond donors (Lipinski definition) is 3. The third-order valence-electron chi connectivity index (χ3n) is 6.52. The molecule has 2 amide bonds. The zero-order valence-corrected chi connectivity index (χ0v) is 16.8. The van der Waals surface area contributed by atoms with E-state index in [2.05, 4.69) is 10.6 Å². The van der Waals surface area contributed by atoms with Crippen molar-refractivity contribution in [1.29, 1.82) is 0 Å². The molecule has 2 bridgehead atoms. The lowest BCUT2D eigenvalue weighted by Crippen LogP contribution is -2.36. The van der Waals surface area contributed by atoms with Gasteiger partial charge in [-0.25, -0.2) is 0 Å². The maximum atomic E-state index is 12.8. The number of amides is 2. The molecule has 0 heterocycles. The van der Waals surface area contributed by atoms with Gasteiger partial charge in [0.05, 0.1) is 22.5 Å². The van der Waals surface area contributed by atoms with Gasteiger partial charge >= 0.3 is 5.97 Å². The second-order valence-electron chi connectivity index (χ2n) is 8.35. The number of anilines is 2. The number of fused-ring (bicyclic) bond motifs is 2. The summed E-state index contributed by atoms with van der Waals surface area (Å²) >= 11 is 6.33. The number of rotatable bonds is 5. The van der Waals surface area contributed by atoms with Gasteiger partial charge in [0.1, 0.15) is 0 Å². The molecule has 1 aromatic carbocycles. The summed E-state index contributed by atoms with van der Waals surface area (Å²) in [6, 6.07) is 4.95. The highest BCUT2D eigenvalue weighted by molar-refractivity contribution is 6.34. The first kappa shape index (κ1) is 20.0. The molecule has 29 heavy (non-hydrogen) atoms. The molecule has 4 atom stereocenters. The van der Waals surface area contributed by atoms with Crippen LogP contribution in [-0.4, -0.2) is 22.9 Å². The summed E-state index contributed by atoms with van der Waals surface area (Å²) in [6.07, 6.45) is 9.71. The molecule has 3 N–H and O–H groups in total. The van der Waals surface area contributed by atoms with Crippen molar-refractivity contribution in [3.05, 3.63) is 35.4 Å². The maximum absolute atomic E-state index is 12.8. The van der Waals surface area contributed by atoms with Crippen molar-refractivity contribution in [2.45, 2.75) is 38.5 Å². The highest BCUT2D eigenvalue weighted by atomic mass is 35.5. The fourth-order valence-corrected chi connectivity index (χ4v) is 5.26. The summed E-state index contributed by atoms with van der Waals surface area (Å²) in [5, 5.41) is 15.6. The number of allylic oxidation sites excluding steroid dienone is 2. The van der Waals surface area contributed by atoms with Crippen LogP contribution in [0.25, 0.3) is 0 Å². The van der Waals surface area contributed by atoms with Crippen LogP contribution in [0.3, 0.4) is 0 Å². The minimum absolute atomic E-state index is 0.0125. The Balaban J connectivity index is 1.41. The number of carbonyl (C=O) groups is 3. The fourth-order valence-electron chi connectivity index (χ4n) is 5.04. The normalized spacial score (nSPS) is 28.3. The molecule has 0 saturated heterocycles. The van der Waals surface area contributed by atoms with Crippen LogP contribution in [0.1, 0.15) is 38.5 Å². The van der Waals surface area contributed by atoms with Crippen LogP contribution >= 0.6 is 11.6 Å². The Labute approximate surface area is 174 Å².